The van der Waals surface area contributed by atoms with Crippen LogP contribution in [-0.4, -0.2) is 11.9 Å². The number of carbonyl (C=O) groups is 1. The molecule has 0 aliphatic carbocycles. The van der Waals surface area contributed by atoms with Crippen molar-refractivity contribution in [3.8, 4) is 16.9 Å². The Balaban J connectivity index is 1.67. The minimum absolute atomic E-state index is 0.00573. The number of fused-ring (bicyclic) bond motifs is 1. The zero-order valence-corrected chi connectivity index (χ0v) is 17.7. The van der Waals surface area contributed by atoms with E-state index in [1.165, 1.54) is 0 Å². The second-order valence-electron chi connectivity index (χ2n) is 7.19. The van der Waals surface area contributed by atoms with Crippen LogP contribution in [0.15, 0.2) is 84.9 Å². The van der Waals surface area contributed by atoms with Gasteiger partial charge in [-0.15, -0.1) is 9.24 Å². The highest BCUT2D eigenvalue weighted by atomic mass is 31.0. The van der Waals surface area contributed by atoms with Crippen molar-refractivity contribution in [1.82, 2.24) is 0 Å². The van der Waals surface area contributed by atoms with Gasteiger partial charge in [-0.3, -0.25) is 4.79 Å². The lowest BCUT2D eigenvalue weighted by Gasteiger charge is -2.19. The molecule has 0 bridgehead atoms. The number of benzene rings is 4. The maximum absolute atomic E-state index is 13.3. The quantitative estimate of drug-likeness (QED) is 0.306. The van der Waals surface area contributed by atoms with Gasteiger partial charge in [0.05, 0.1) is 0 Å². The SMILES string of the molecule is Cc1ccc2ccccc2c1C(=O)C(C)Oc1cccc(-c2ccccc2)c1P. The van der Waals surface area contributed by atoms with Gasteiger partial charge in [-0.25, -0.2) is 0 Å². The first-order chi connectivity index (χ1) is 14.1. The number of ketones is 1. The summed E-state index contributed by atoms with van der Waals surface area (Å²) < 4.78 is 6.16. The summed E-state index contributed by atoms with van der Waals surface area (Å²) in [7, 11) is 2.76. The van der Waals surface area contributed by atoms with E-state index in [0.29, 0.717) is 5.75 Å². The second kappa shape index (κ2) is 8.19. The largest absolute Gasteiger partial charge is 0.482 e. The number of hydrogen-bond acceptors (Lipinski definition) is 2. The average Bonchev–Trinajstić information content (AvgIpc) is 2.75. The highest BCUT2D eigenvalue weighted by Crippen LogP contribution is 2.27. The number of aryl methyl sites for hydroxylation is 1. The van der Waals surface area contributed by atoms with Crippen LogP contribution in [0, 0.1) is 6.92 Å². The van der Waals surface area contributed by atoms with Crippen molar-refractivity contribution >= 4 is 31.1 Å². The predicted octanol–water partition coefficient (Wildman–Crippen LogP) is 5.97. The number of carbonyl (C=O) groups excluding carboxylic acids is 1. The summed E-state index contributed by atoms with van der Waals surface area (Å²) in [5, 5.41) is 2.98. The Kier molecular flexibility index (Phi) is 5.47. The van der Waals surface area contributed by atoms with Gasteiger partial charge in [-0.1, -0.05) is 78.9 Å². The zero-order valence-electron chi connectivity index (χ0n) is 16.6. The van der Waals surface area contributed by atoms with Gasteiger partial charge in [-0.2, -0.15) is 0 Å². The summed E-state index contributed by atoms with van der Waals surface area (Å²) in [5.74, 6) is 0.698. The van der Waals surface area contributed by atoms with Gasteiger partial charge in [-0.05, 0) is 47.4 Å². The molecule has 2 nitrogen and oxygen atoms in total. The molecular formula is C26H23O2P. The molecule has 4 aromatic carbocycles. The lowest BCUT2D eigenvalue weighted by atomic mass is 9.94. The summed E-state index contributed by atoms with van der Waals surface area (Å²) >= 11 is 0. The molecule has 0 aliphatic heterocycles. The van der Waals surface area contributed by atoms with Crippen LogP contribution in [0.2, 0.25) is 0 Å². The van der Waals surface area contributed by atoms with Crippen LogP contribution >= 0.6 is 9.24 Å². The van der Waals surface area contributed by atoms with Crippen molar-refractivity contribution in [2.45, 2.75) is 20.0 Å². The molecule has 2 unspecified atom stereocenters. The Hall–Kier alpha value is -2.96. The van der Waals surface area contributed by atoms with E-state index in [1.807, 2.05) is 74.5 Å². The van der Waals surface area contributed by atoms with Gasteiger partial charge < -0.3 is 4.74 Å². The van der Waals surface area contributed by atoms with E-state index in [4.69, 9.17) is 4.74 Å². The van der Waals surface area contributed by atoms with Crippen molar-refractivity contribution in [3.63, 3.8) is 0 Å². The third kappa shape index (κ3) is 3.81. The smallest absolute Gasteiger partial charge is 0.203 e. The molecule has 0 radical (unpaired) electrons. The summed E-state index contributed by atoms with van der Waals surface area (Å²) in [6, 6.07) is 28.1. The van der Waals surface area contributed by atoms with Gasteiger partial charge in [0.25, 0.3) is 0 Å². The number of rotatable bonds is 5. The molecule has 0 saturated heterocycles. The zero-order chi connectivity index (χ0) is 20.4. The molecular weight excluding hydrogens is 375 g/mol. The van der Waals surface area contributed by atoms with E-state index in [9.17, 15) is 4.79 Å². The summed E-state index contributed by atoms with van der Waals surface area (Å²) in [6.07, 6.45) is -0.593. The lowest BCUT2D eigenvalue weighted by molar-refractivity contribution is 0.0821. The fourth-order valence-corrected chi connectivity index (χ4v) is 4.10. The second-order valence-corrected chi connectivity index (χ2v) is 7.76. The summed E-state index contributed by atoms with van der Waals surface area (Å²) in [4.78, 5) is 13.3. The summed E-state index contributed by atoms with van der Waals surface area (Å²) in [5.41, 5.74) is 3.90. The average molecular weight is 398 g/mol. The van der Waals surface area contributed by atoms with Crippen molar-refractivity contribution < 1.29 is 9.53 Å². The Morgan fingerprint density at radius 3 is 2.38 bits per heavy atom. The van der Waals surface area contributed by atoms with Crippen molar-refractivity contribution in [2.24, 2.45) is 0 Å². The first kappa shape index (κ1) is 19.4. The van der Waals surface area contributed by atoms with E-state index in [-0.39, 0.29) is 5.78 Å². The molecule has 0 heterocycles. The molecule has 144 valence electrons. The standard InChI is InChI=1S/C26H23O2P/c1-17-15-16-20-11-6-7-12-21(20)24(17)25(27)18(2)28-23-14-8-13-22(26(23)29)19-9-4-3-5-10-19/h3-16,18H,29H2,1-2H3. The third-order valence-electron chi connectivity index (χ3n) is 5.21. The van der Waals surface area contributed by atoms with E-state index < -0.39 is 6.10 Å². The molecule has 0 N–H and O–H groups in total. The van der Waals surface area contributed by atoms with Crippen LogP contribution in [0.3, 0.4) is 0 Å². The predicted molar refractivity (Wildman–Crippen MR) is 124 cm³/mol. The van der Waals surface area contributed by atoms with Crippen molar-refractivity contribution in [2.75, 3.05) is 0 Å². The summed E-state index contributed by atoms with van der Waals surface area (Å²) in [6.45, 7) is 3.80. The molecule has 2 atom stereocenters. The topological polar surface area (TPSA) is 26.3 Å². The number of hydrogen-bond donors (Lipinski definition) is 0. The van der Waals surface area contributed by atoms with E-state index in [0.717, 1.165) is 38.3 Å². The fraction of sp³-hybridized carbons (Fsp3) is 0.115. The minimum atomic E-state index is -0.593. The molecule has 0 spiro atoms. The van der Waals surface area contributed by atoms with Crippen LogP contribution in [0.5, 0.6) is 5.75 Å². The highest BCUT2D eigenvalue weighted by Gasteiger charge is 2.22. The molecule has 29 heavy (non-hydrogen) atoms. The van der Waals surface area contributed by atoms with Crippen LogP contribution in [0.1, 0.15) is 22.8 Å². The molecule has 0 aromatic heterocycles. The molecule has 3 heteroatoms. The van der Waals surface area contributed by atoms with Crippen molar-refractivity contribution in [3.05, 3.63) is 96.1 Å². The Bertz CT molecular complexity index is 1180. The first-order valence-corrected chi connectivity index (χ1v) is 10.3. The lowest BCUT2D eigenvalue weighted by Crippen LogP contribution is -2.26. The minimum Gasteiger partial charge on any atom is -0.482 e. The monoisotopic (exact) mass is 398 g/mol. The van der Waals surface area contributed by atoms with Crippen molar-refractivity contribution in [1.29, 1.82) is 0 Å². The maximum Gasteiger partial charge on any atom is 0.203 e. The Labute approximate surface area is 173 Å². The molecule has 0 aliphatic rings. The van der Waals surface area contributed by atoms with Gasteiger partial charge in [0, 0.05) is 10.9 Å². The Morgan fingerprint density at radius 1 is 0.862 bits per heavy atom. The molecule has 0 saturated carbocycles. The molecule has 4 aromatic rings. The maximum atomic E-state index is 13.3. The third-order valence-corrected chi connectivity index (χ3v) is 5.80. The van der Waals surface area contributed by atoms with Crippen LogP contribution < -0.4 is 10.0 Å². The van der Waals surface area contributed by atoms with Gasteiger partial charge in [0.2, 0.25) is 5.78 Å². The fourth-order valence-electron chi connectivity index (χ4n) is 3.67. The van der Waals surface area contributed by atoms with Crippen LogP contribution in [0.25, 0.3) is 21.9 Å². The van der Waals surface area contributed by atoms with Gasteiger partial charge in [0.1, 0.15) is 5.75 Å². The van der Waals surface area contributed by atoms with Crippen LogP contribution in [0.4, 0.5) is 0 Å². The normalized spacial score (nSPS) is 12.0. The van der Waals surface area contributed by atoms with Gasteiger partial charge >= 0.3 is 0 Å². The van der Waals surface area contributed by atoms with Crippen LogP contribution in [-0.2, 0) is 0 Å². The highest BCUT2D eigenvalue weighted by molar-refractivity contribution is 7.28. The van der Waals surface area contributed by atoms with E-state index in [1.54, 1.807) is 0 Å². The Morgan fingerprint density at radius 2 is 1.59 bits per heavy atom. The molecule has 0 amide bonds. The van der Waals surface area contributed by atoms with E-state index >= 15 is 0 Å². The van der Waals surface area contributed by atoms with Gasteiger partial charge in [0.15, 0.2) is 6.10 Å². The first-order valence-electron chi connectivity index (χ1n) is 9.69. The number of Topliss-reactive ketones (excluding diaryl/α,β-unsaturated/α-hetero) is 1. The molecule has 4 rings (SSSR count). The number of ether oxygens (including phenoxy) is 1. The molecule has 0 fully saturated rings. The van der Waals surface area contributed by atoms with E-state index in [2.05, 4.69) is 33.5 Å².